The fourth-order valence-corrected chi connectivity index (χ4v) is 3.12. The van der Waals surface area contributed by atoms with Crippen LogP contribution in [0.4, 0.5) is 0 Å². The van der Waals surface area contributed by atoms with E-state index in [1.165, 1.54) is 4.68 Å². The number of aliphatic carboxylic acids is 1. The first kappa shape index (κ1) is 15.5. The monoisotopic (exact) mass is 343 g/mol. The first-order valence-electron chi connectivity index (χ1n) is 8.11. The summed E-state index contributed by atoms with van der Waals surface area (Å²) in [5.74, 6) is 1.67. The number of aromatic nitrogens is 7. The van der Waals surface area contributed by atoms with Crippen LogP contribution in [0, 0.1) is 6.92 Å². The Balaban J connectivity index is 1.80. The largest absolute Gasteiger partial charge is 0.480 e. The number of carboxylic acids is 1. The average molecular weight is 343 g/mol. The van der Waals surface area contributed by atoms with Gasteiger partial charge in [0.1, 0.15) is 18.1 Å². The van der Waals surface area contributed by atoms with Crippen LogP contribution < -0.4 is 0 Å². The molecule has 0 aromatic carbocycles. The van der Waals surface area contributed by atoms with Gasteiger partial charge < -0.3 is 9.52 Å². The fourth-order valence-electron chi connectivity index (χ4n) is 3.12. The molecule has 0 spiro atoms. The summed E-state index contributed by atoms with van der Waals surface area (Å²) in [5, 5.41) is 25.5. The topological polar surface area (TPSA) is 125 Å². The van der Waals surface area contributed by atoms with Gasteiger partial charge in [-0.2, -0.15) is 0 Å². The van der Waals surface area contributed by atoms with Crippen molar-refractivity contribution in [3.8, 4) is 11.6 Å². The summed E-state index contributed by atoms with van der Waals surface area (Å²) in [6.45, 7) is 2.30. The summed E-state index contributed by atoms with van der Waals surface area (Å²) in [6, 6.07) is 3.59. The van der Waals surface area contributed by atoms with Crippen LogP contribution >= 0.6 is 0 Å². The molecule has 0 aliphatic carbocycles. The molecular formula is C15H17N7O3. The molecule has 3 aromatic heterocycles. The number of hydrogen-bond donors (Lipinski definition) is 1. The molecule has 4 rings (SSSR count). The number of nitrogens with zero attached hydrogens (tertiary/aromatic N) is 7. The number of carboxylic acid groups (broad SMARTS) is 1. The second kappa shape index (κ2) is 6.11. The summed E-state index contributed by atoms with van der Waals surface area (Å²) >= 11 is 0. The Morgan fingerprint density at radius 1 is 1.36 bits per heavy atom. The second-order valence-corrected chi connectivity index (χ2v) is 6.06. The predicted molar refractivity (Wildman–Crippen MR) is 83.6 cm³/mol. The van der Waals surface area contributed by atoms with Crippen LogP contribution in [-0.2, 0) is 17.9 Å². The van der Waals surface area contributed by atoms with Gasteiger partial charge in [0, 0.05) is 6.54 Å². The molecule has 0 saturated heterocycles. The maximum atomic E-state index is 11.3. The van der Waals surface area contributed by atoms with Gasteiger partial charge in [0.2, 0.25) is 5.82 Å². The Morgan fingerprint density at radius 3 is 3.00 bits per heavy atom. The lowest BCUT2D eigenvalue weighted by molar-refractivity contribution is -0.137. The summed E-state index contributed by atoms with van der Waals surface area (Å²) in [4.78, 5) is 15.8. The first-order valence-corrected chi connectivity index (χ1v) is 8.11. The predicted octanol–water partition coefficient (Wildman–Crippen LogP) is 1.23. The SMILES string of the molecule is Cc1ccc(-c2nc([C@@H]3CCCCn4nnnc43)n(CC(=O)O)n2)o1. The molecule has 130 valence electrons. The molecule has 1 aliphatic rings. The highest BCUT2D eigenvalue weighted by Gasteiger charge is 2.30. The number of rotatable bonds is 4. The van der Waals surface area contributed by atoms with Crippen molar-refractivity contribution in [3.63, 3.8) is 0 Å². The zero-order chi connectivity index (χ0) is 17.4. The maximum Gasteiger partial charge on any atom is 0.325 e. The Kier molecular flexibility index (Phi) is 3.79. The van der Waals surface area contributed by atoms with Gasteiger partial charge in [0.05, 0.1) is 5.92 Å². The van der Waals surface area contributed by atoms with Crippen molar-refractivity contribution in [3.05, 3.63) is 29.5 Å². The number of fused-ring (bicyclic) bond motifs is 1. The second-order valence-electron chi connectivity index (χ2n) is 6.06. The van der Waals surface area contributed by atoms with E-state index in [2.05, 4.69) is 25.6 Å². The van der Waals surface area contributed by atoms with E-state index >= 15 is 0 Å². The molecule has 1 aliphatic heterocycles. The number of furan rings is 1. The normalized spacial score (nSPS) is 17.2. The van der Waals surface area contributed by atoms with Gasteiger partial charge in [-0.1, -0.05) is 6.42 Å². The van der Waals surface area contributed by atoms with Gasteiger partial charge in [-0.25, -0.2) is 14.3 Å². The number of tetrazole rings is 1. The molecular weight excluding hydrogens is 326 g/mol. The Hall–Kier alpha value is -3.04. The van der Waals surface area contributed by atoms with Crippen LogP contribution in [0.5, 0.6) is 0 Å². The van der Waals surface area contributed by atoms with Crippen molar-refractivity contribution in [2.75, 3.05) is 0 Å². The lowest BCUT2D eigenvalue weighted by atomic mass is 10.0. The van der Waals surface area contributed by atoms with Gasteiger partial charge in [-0.3, -0.25) is 4.79 Å². The van der Waals surface area contributed by atoms with E-state index in [0.717, 1.165) is 31.6 Å². The van der Waals surface area contributed by atoms with Gasteiger partial charge in [0.15, 0.2) is 11.6 Å². The van der Waals surface area contributed by atoms with Crippen LogP contribution in [0.2, 0.25) is 0 Å². The van der Waals surface area contributed by atoms with E-state index in [-0.39, 0.29) is 12.5 Å². The molecule has 0 fully saturated rings. The van der Waals surface area contributed by atoms with Crippen molar-refractivity contribution >= 4 is 5.97 Å². The molecule has 0 saturated carbocycles. The van der Waals surface area contributed by atoms with Crippen molar-refractivity contribution < 1.29 is 14.3 Å². The molecule has 10 nitrogen and oxygen atoms in total. The Bertz CT molecular complexity index is 910. The van der Waals surface area contributed by atoms with Gasteiger partial charge in [-0.15, -0.1) is 10.2 Å². The molecule has 1 N–H and O–H groups in total. The molecule has 1 atom stereocenters. The van der Waals surface area contributed by atoms with Crippen molar-refractivity contribution in [1.82, 2.24) is 35.0 Å². The van der Waals surface area contributed by atoms with E-state index in [1.807, 2.05) is 13.0 Å². The molecule has 3 aromatic rings. The lowest BCUT2D eigenvalue weighted by Crippen LogP contribution is -2.18. The van der Waals surface area contributed by atoms with Crippen LogP contribution in [0.25, 0.3) is 11.6 Å². The summed E-state index contributed by atoms with van der Waals surface area (Å²) < 4.78 is 8.74. The highest BCUT2D eigenvalue weighted by Crippen LogP contribution is 2.31. The minimum absolute atomic E-state index is 0.200. The zero-order valence-electron chi connectivity index (χ0n) is 13.7. The first-order chi connectivity index (χ1) is 12.1. The molecule has 0 radical (unpaired) electrons. The molecule has 4 heterocycles. The molecule has 0 bridgehead atoms. The van der Waals surface area contributed by atoms with Crippen LogP contribution in [-0.4, -0.2) is 46.0 Å². The summed E-state index contributed by atoms with van der Waals surface area (Å²) in [5.41, 5.74) is 0. The zero-order valence-corrected chi connectivity index (χ0v) is 13.7. The van der Waals surface area contributed by atoms with E-state index in [4.69, 9.17) is 4.42 Å². The van der Waals surface area contributed by atoms with Crippen LogP contribution in [0.3, 0.4) is 0 Å². The summed E-state index contributed by atoms with van der Waals surface area (Å²) in [6.07, 6.45) is 2.71. The number of aryl methyl sites for hydroxylation is 2. The Labute approximate surface area is 142 Å². The Morgan fingerprint density at radius 2 is 2.24 bits per heavy atom. The number of hydrogen-bond acceptors (Lipinski definition) is 7. The summed E-state index contributed by atoms with van der Waals surface area (Å²) in [7, 11) is 0. The van der Waals surface area contributed by atoms with Gasteiger partial charge in [-0.05, 0) is 42.3 Å². The third kappa shape index (κ3) is 2.90. The third-order valence-corrected chi connectivity index (χ3v) is 4.24. The van der Waals surface area contributed by atoms with Crippen LogP contribution in [0.15, 0.2) is 16.5 Å². The minimum atomic E-state index is -0.985. The smallest absolute Gasteiger partial charge is 0.325 e. The van der Waals surface area contributed by atoms with Gasteiger partial charge in [0.25, 0.3) is 0 Å². The van der Waals surface area contributed by atoms with Crippen molar-refractivity contribution in [1.29, 1.82) is 0 Å². The number of carbonyl (C=O) groups is 1. The van der Waals surface area contributed by atoms with Crippen molar-refractivity contribution in [2.45, 2.75) is 45.2 Å². The molecule has 25 heavy (non-hydrogen) atoms. The molecule has 0 unspecified atom stereocenters. The van der Waals surface area contributed by atoms with E-state index in [9.17, 15) is 9.90 Å². The standard InChI is InChI=1S/C15H17N7O3/c1-9-5-6-11(25-9)13-16-14(22(18-13)8-12(23)24)10-4-2-3-7-21-15(10)17-19-20-21/h5-6,10H,2-4,7-8H2,1H3,(H,23,24)/t10-/m0/s1. The highest BCUT2D eigenvalue weighted by molar-refractivity contribution is 5.66. The lowest BCUT2D eigenvalue weighted by Gasteiger charge is -2.12. The van der Waals surface area contributed by atoms with Gasteiger partial charge >= 0.3 is 5.97 Å². The minimum Gasteiger partial charge on any atom is -0.480 e. The molecule has 0 amide bonds. The van der Waals surface area contributed by atoms with E-state index in [1.54, 1.807) is 10.7 Å². The van der Waals surface area contributed by atoms with Crippen molar-refractivity contribution in [2.24, 2.45) is 0 Å². The third-order valence-electron chi connectivity index (χ3n) is 4.24. The highest BCUT2D eigenvalue weighted by atomic mass is 16.4. The average Bonchev–Trinajstić information content (AvgIpc) is 3.26. The molecule has 10 heteroatoms. The quantitative estimate of drug-likeness (QED) is 0.750. The van der Waals surface area contributed by atoms with E-state index < -0.39 is 5.97 Å². The van der Waals surface area contributed by atoms with E-state index in [0.29, 0.717) is 23.2 Å². The maximum absolute atomic E-state index is 11.3. The van der Waals surface area contributed by atoms with Crippen LogP contribution in [0.1, 0.15) is 42.6 Å². The fraction of sp³-hybridized carbons (Fsp3) is 0.467.